The number of hydrogen-bond acceptors (Lipinski definition) is 9. The van der Waals surface area contributed by atoms with E-state index in [1.165, 1.54) is 0 Å². The minimum atomic E-state index is -3.52. The molecule has 0 saturated carbocycles. The molecule has 2 aromatic carbocycles. The Morgan fingerprint density at radius 2 is 1.59 bits per heavy atom. The molecule has 11 heteroatoms. The summed E-state index contributed by atoms with van der Waals surface area (Å²) in [6, 6.07) is 11.5. The molecule has 0 amide bonds. The zero-order valence-electron chi connectivity index (χ0n) is 21.7. The number of nitrogens with zero attached hydrogens (tertiary/aromatic N) is 1. The van der Waals surface area contributed by atoms with Crippen LogP contribution in [0.4, 0.5) is 5.69 Å². The molecular formula is C26H35N3O7S. The molecule has 0 heterocycles. The molecule has 0 aliphatic heterocycles. The monoisotopic (exact) mass is 533 g/mol. The lowest BCUT2D eigenvalue weighted by atomic mass is 10.0. The van der Waals surface area contributed by atoms with Crippen molar-refractivity contribution in [2.24, 2.45) is 0 Å². The molecule has 0 saturated heterocycles. The summed E-state index contributed by atoms with van der Waals surface area (Å²) in [6.45, 7) is 7.77. The summed E-state index contributed by atoms with van der Waals surface area (Å²) in [5.41, 5.74) is 1.69. The van der Waals surface area contributed by atoms with Crippen LogP contribution in [0, 0.1) is 11.3 Å². The molecular weight excluding hydrogens is 498 g/mol. The summed E-state index contributed by atoms with van der Waals surface area (Å²) >= 11 is 0. The summed E-state index contributed by atoms with van der Waals surface area (Å²) in [4.78, 5) is 12.0. The van der Waals surface area contributed by atoms with E-state index >= 15 is 0 Å². The number of ether oxygens (including phenoxy) is 4. The first-order chi connectivity index (χ1) is 17.8. The Hall–Kier alpha value is -3.49. The Morgan fingerprint density at radius 1 is 0.946 bits per heavy atom. The molecule has 0 radical (unpaired) electrons. The first-order valence-corrected chi connectivity index (χ1v) is 13.9. The van der Waals surface area contributed by atoms with Gasteiger partial charge < -0.3 is 24.3 Å². The molecule has 2 rings (SSSR count). The Morgan fingerprint density at radius 3 is 2.16 bits per heavy atom. The normalized spacial score (nSPS) is 11.8. The average Bonchev–Trinajstić information content (AvgIpc) is 2.87. The van der Waals surface area contributed by atoms with Crippen LogP contribution in [-0.4, -0.2) is 53.1 Å². The van der Waals surface area contributed by atoms with Crippen LogP contribution < -0.4 is 24.2 Å². The van der Waals surface area contributed by atoms with Crippen molar-refractivity contribution in [2.45, 2.75) is 40.2 Å². The third-order valence-electron chi connectivity index (χ3n) is 5.04. The predicted octanol–water partition coefficient (Wildman–Crippen LogP) is 3.78. The molecule has 2 N–H and O–H groups in total. The van der Waals surface area contributed by atoms with Crippen LogP contribution >= 0.6 is 0 Å². The lowest BCUT2D eigenvalue weighted by Gasteiger charge is -2.25. The third-order valence-corrected chi connectivity index (χ3v) is 6.59. The second kappa shape index (κ2) is 14.9. The van der Waals surface area contributed by atoms with Crippen molar-refractivity contribution in [1.29, 1.82) is 5.26 Å². The molecule has 0 spiro atoms. The molecule has 10 nitrogen and oxygen atoms in total. The molecule has 202 valence electrons. The van der Waals surface area contributed by atoms with E-state index in [4.69, 9.17) is 24.2 Å². The number of rotatable bonds is 16. The Kier molecular flexibility index (Phi) is 12.0. The van der Waals surface area contributed by atoms with Gasteiger partial charge in [-0.3, -0.25) is 0 Å². The lowest BCUT2D eigenvalue weighted by Crippen LogP contribution is -2.33. The SMILES string of the molecule is CCCS(=O)(=O)NCC(Nc1ccc(C#N)cc1)c1cc(OCC)c(OCC)cc1OCC(=O)OCC. The van der Waals surface area contributed by atoms with Gasteiger partial charge in [0.05, 0.1) is 43.2 Å². The first kappa shape index (κ1) is 29.7. The van der Waals surface area contributed by atoms with Crippen molar-refractivity contribution in [1.82, 2.24) is 4.72 Å². The molecule has 0 fully saturated rings. The number of benzene rings is 2. The summed E-state index contributed by atoms with van der Waals surface area (Å²) in [6.07, 6.45) is 0.467. The average molecular weight is 534 g/mol. The van der Waals surface area contributed by atoms with Crippen LogP contribution in [0.25, 0.3) is 0 Å². The van der Waals surface area contributed by atoms with Gasteiger partial charge in [0.2, 0.25) is 10.0 Å². The second-order valence-corrected chi connectivity index (χ2v) is 9.78. The molecule has 0 aliphatic rings. The van der Waals surface area contributed by atoms with E-state index in [0.717, 1.165) is 0 Å². The van der Waals surface area contributed by atoms with Gasteiger partial charge >= 0.3 is 5.97 Å². The summed E-state index contributed by atoms with van der Waals surface area (Å²) < 4.78 is 49.9. The predicted molar refractivity (Wildman–Crippen MR) is 141 cm³/mol. The second-order valence-electron chi connectivity index (χ2n) is 7.85. The fraction of sp³-hybridized carbons (Fsp3) is 0.462. The van der Waals surface area contributed by atoms with Crippen LogP contribution in [0.2, 0.25) is 0 Å². The van der Waals surface area contributed by atoms with Crippen molar-refractivity contribution in [3.05, 3.63) is 47.5 Å². The number of esters is 1. The number of anilines is 1. The summed E-state index contributed by atoms with van der Waals surface area (Å²) in [5.74, 6) is 0.624. The van der Waals surface area contributed by atoms with Crippen molar-refractivity contribution in [3.8, 4) is 23.3 Å². The van der Waals surface area contributed by atoms with Gasteiger partial charge in [0.1, 0.15) is 5.75 Å². The minimum Gasteiger partial charge on any atom is -0.490 e. The fourth-order valence-electron chi connectivity index (χ4n) is 3.46. The molecule has 2 aromatic rings. The minimum absolute atomic E-state index is 0.0162. The quantitative estimate of drug-likeness (QED) is 0.309. The first-order valence-electron chi connectivity index (χ1n) is 12.2. The zero-order chi connectivity index (χ0) is 27.3. The number of nitrogens with one attached hydrogen (secondary N) is 2. The number of sulfonamides is 1. The highest BCUT2D eigenvalue weighted by Gasteiger charge is 2.24. The van der Waals surface area contributed by atoms with Gasteiger partial charge in [-0.1, -0.05) is 6.92 Å². The standard InChI is InChI=1S/C26H35N3O7S/c1-5-13-37(31,32)28-17-22(29-20-11-9-19(16-27)10-12-20)21-14-24(33-6-2)25(34-7-3)15-23(21)36-18-26(30)35-8-4/h9-12,14-15,22,28-29H,5-8,13,17-18H2,1-4H3. The summed E-state index contributed by atoms with van der Waals surface area (Å²) in [5, 5.41) is 12.4. The number of nitriles is 1. The number of hydrogen-bond donors (Lipinski definition) is 2. The van der Waals surface area contributed by atoms with E-state index in [0.29, 0.717) is 53.7 Å². The van der Waals surface area contributed by atoms with Gasteiger partial charge in [-0.15, -0.1) is 0 Å². The molecule has 0 aromatic heterocycles. The Balaban J connectivity index is 2.55. The molecule has 37 heavy (non-hydrogen) atoms. The van der Waals surface area contributed by atoms with Crippen LogP contribution in [-0.2, 0) is 19.6 Å². The smallest absolute Gasteiger partial charge is 0.344 e. The Bertz CT molecular complexity index is 1160. The lowest BCUT2D eigenvalue weighted by molar-refractivity contribution is -0.145. The largest absolute Gasteiger partial charge is 0.490 e. The maximum absolute atomic E-state index is 12.5. The topological polar surface area (TPSA) is 136 Å². The van der Waals surface area contributed by atoms with E-state index in [1.54, 1.807) is 50.2 Å². The molecule has 1 unspecified atom stereocenters. The van der Waals surface area contributed by atoms with Gasteiger partial charge in [-0.25, -0.2) is 17.9 Å². The van der Waals surface area contributed by atoms with Crippen LogP contribution in [0.3, 0.4) is 0 Å². The van der Waals surface area contributed by atoms with E-state index in [2.05, 4.69) is 16.1 Å². The van der Waals surface area contributed by atoms with Crippen molar-refractivity contribution in [2.75, 3.05) is 44.0 Å². The maximum atomic E-state index is 12.5. The van der Waals surface area contributed by atoms with Gasteiger partial charge in [-0.05, 0) is 57.5 Å². The van der Waals surface area contributed by atoms with E-state index in [9.17, 15) is 13.2 Å². The highest BCUT2D eigenvalue weighted by atomic mass is 32.2. The van der Waals surface area contributed by atoms with Gasteiger partial charge in [0.25, 0.3) is 0 Å². The van der Waals surface area contributed by atoms with Crippen molar-refractivity contribution in [3.63, 3.8) is 0 Å². The summed E-state index contributed by atoms with van der Waals surface area (Å²) in [7, 11) is -3.52. The third kappa shape index (κ3) is 9.48. The van der Waals surface area contributed by atoms with Gasteiger partial charge in [0.15, 0.2) is 18.1 Å². The highest BCUT2D eigenvalue weighted by molar-refractivity contribution is 7.89. The highest BCUT2D eigenvalue weighted by Crippen LogP contribution is 2.39. The van der Waals surface area contributed by atoms with Crippen molar-refractivity contribution >= 4 is 21.7 Å². The van der Waals surface area contributed by atoms with E-state index in [1.807, 2.05) is 13.8 Å². The fourth-order valence-corrected chi connectivity index (χ4v) is 4.56. The van der Waals surface area contributed by atoms with Crippen LogP contribution in [0.15, 0.2) is 36.4 Å². The number of carbonyl (C=O) groups excluding carboxylic acids is 1. The molecule has 0 bridgehead atoms. The van der Waals surface area contributed by atoms with Crippen LogP contribution in [0.1, 0.15) is 51.3 Å². The van der Waals surface area contributed by atoms with E-state index < -0.39 is 22.0 Å². The van der Waals surface area contributed by atoms with Gasteiger partial charge in [0, 0.05) is 23.9 Å². The zero-order valence-corrected chi connectivity index (χ0v) is 22.5. The number of carbonyl (C=O) groups is 1. The van der Waals surface area contributed by atoms with Crippen molar-refractivity contribution < 1.29 is 32.2 Å². The molecule has 0 aliphatic carbocycles. The maximum Gasteiger partial charge on any atom is 0.344 e. The van der Waals surface area contributed by atoms with Gasteiger partial charge in [-0.2, -0.15) is 5.26 Å². The van der Waals surface area contributed by atoms with Crippen LogP contribution in [0.5, 0.6) is 17.2 Å². The molecule has 1 atom stereocenters. The van der Waals surface area contributed by atoms with E-state index in [-0.39, 0.29) is 25.5 Å². The Labute approximate surface area is 218 Å².